The van der Waals surface area contributed by atoms with Crippen LogP contribution in [0, 0.1) is 0 Å². The first-order valence-electron chi connectivity index (χ1n) is 26.7. The topological polar surface area (TPSA) is 0 Å². The quantitative estimate of drug-likeness (QED) is 0.133. The van der Waals surface area contributed by atoms with E-state index in [4.69, 9.17) is 0 Å². The van der Waals surface area contributed by atoms with Crippen molar-refractivity contribution < 1.29 is 73.3 Å². The van der Waals surface area contributed by atoms with Crippen molar-refractivity contribution >= 4 is 49.5 Å². The standard InChI is InChI=1S/4C17H15.2C3H6.2ClH.2Zr/c4*1-13(14-7-3-2-4-8-14)16-12-11-15-9-5-6-10-17(15)16;2*1-3-2;;;;/h4*2-13H,1H3;2*1-2H3;2*1H;;/q4*-1;;;;;2*+2/p-2. The first-order chi connectivity index (χ1) is 36.9. The molecule has 0 aliphatic carbocycles. The van der Waals surface area contributed by atoms with E-state index < -0.39 is 0 Å². The summed E-state index contributed by atoms with van der Waals surface area (Å²) in [5, 5.41) is 10.9. The molecule has 0 bridgehead atoms. The third kappa shape index (κ3) is 17.6. The molecule has 78 heavy (non-hydrogen) atoms. The van der Waals surface area contributed by atoms with Gasteiger partial charge >= 0.3 is 82.6 Å². The predicted molar refractivity (Wildman–Crippen MR) is 327 cm³/mol. The Balaban J connectivity index is 0.000000181. The van der Waals surface area contributed by atoms with Crippen LogP contribution in [0.2, 0.25) is 0 Å². The van der Waals surface area contributed by atoms with Gasteiger partial charge < -0.3 is 24.8 Å². The minimum absolute atomic E-state index is 0. The Morgan fingerprint density at radius 3 is 0.603 bits per heavy atom. The summed E-state index contributed by atoms with van der Waals surface area (Å²) in [6.45, 7) is 17.6. The minimum Gasteiger partial charge on any atom is -1.00 e. The molecule has 0 aliphatic heterocycles. The van der Waals surface area contributed by atoms with Gasteiger partial charge in [-0.15, -0.1) is 187 Å². The molecule has 12 aromatic carbocycles. The SMILES string of the molecule is CC(c1ccccc1)c1c[cH-]c2ccccc12.CC(c1ccccc1)c1c[cH-]c2ccccc12.CC(c1ccccc1)c1c[cH-]c2ccccc12.CC(c1ccccc1)c1c[cH-]c2ccccc12.C[C](C)=[Zr+2].C[C](C)=[Zr+2].[Cl-].[Cl-]. The Kier molecular flexibility index (Phi) is 26.2. The van der Waals surface area contributed by atoms with E-state index >= 15 is 0 Å². The maximum absolute atomic E-state index is 2.27. The molecule has 0 amide bonds. The van der Waals surface area contributed by atoms with Crippen LogP contribution in [0.3, 0.4) is 0 Å². The molecular weight excluding hydrogens is 1140 g/mol. The number of hydrogen-bond donors (Lipinski definition) is 0. The van der Waals surface area contributed by atoms with Gasteiger partial charge in [0.25, 0.3) is 0 Å². The van der Waals surface area contributed by atoms with Gasteiger partial charge in [-0.05, 0) is 23.7 Å². The second kappa shape index (κ2) is 32.4. The molecule has 0 fully saturated rings. The molecular formula is C74H72Cl2Zr2-2. The van der Waals surface area contributed by atoms with E-state index in [1.54, 1.807) is 48.5 Å². The van der Waals surface area contributed by atoms with Crippen LogP contribution in [0.15, 0.2) is 267 Å². The fourth-order valence-electron chi connectivity index (χ4n) is 9.89. The summed E-state index contributed by atoms with van der Waals surface area (Å²) in [6.07, 6.45) is 0. The summed E-state index contributed by atoms with van der Waals surface area (Å²) >= 11 is 3.11. The van der Waals surface area contributed by atoms with Gasteiger partial charge in [-0.2, -0.15) is 0 Å². The van der Waals surface area contributed by atoms with Gasteiger partial charge in [-0.3, -0.25) is 0 Å². The molecule has 12 aromatic rings. The molecule has 4 heteroatoms. The fraction of sp³-hybridized carbons (Fsp3) is 0.162. The molecule has 0 saturated heterocycles. The number of rotatable bonds is 8. The van der Waals surface area contributed by atoms with Crippen molar-refractivity contribution in [2.24, 2.45) is 0 Å². The van der Waals surface area contributed by atoms with Gasteiger partial charge in [-0.1, -0.05) is 196 Å². The normalized spacial score (nSPS) is 11.8. The van der Waals surface area contributed by atoms with Gasteiger partial charge in [0.15, 0.2) is 0 Å². The van der Waals surface area contributed by atoms with Gasteiger partial charge in [0.05, 0.1) is 0 Å². The minimum atomic E-state index is 0. The van der Waals surface area contributed by atoms with Crippen molar-refractivity contribution in [2.75, 3.05) is 0 Å². The van der Waals surface area contributed by atoms with Gasteiger partial charge in [-0.25, -0.2) is 0 Å². The van der Waals surface area contributed by atoms with Gasteiger partial charge in [0.2, 0.25) is 0 Å². The first-order valence-corrected chi connectivity index (χ1v) is 29.2. The number of halogens is 2. The summed E-state index contributed by atoms with van der Waals surface area (Å²) in [6, 6.07) is 95.0. The van der Waals surface area contributed by atoms with Crippen molar-refractivity contribution in [2.45, 2.75) is 79.1 Å². The molecule has 0 aliphatic rings. The second-order valence-corrected chi connectivity index (χ2v) is 24.9. The van der Waals surface area contributed by atoms with Crippen LogP contribution < -0.4 is 24.8 Å². The van der Waals surface area contributed by atoms with E-state index in [1.165, 1.54) is 94.0 Å². The summed E-state index contributed by atoms with van der Waals surface area (Å²) in [4.78, 5) is 0. The Morgan fingerprint density at radius 1 is 0.269 bits per heavy atom. The zero-order chi connectivity index (χ0) is 53.8. The molecule has 0 saturated carbocycles. The molecule has 0 radical (unpaired) electrons. The molecule has 0 spiro atoms. The summed E-state index contributed by atoms with van der Waals surface area (Å²) in [5.41, 5.74) is 11.2. The number of fused-ring (bicyclic) bond motifs is 4. The maximum atomic E-state index is 2.27. The molecule has 0 N–H and O–H groups in total. The Labute approximate surface area is 508 Å². The largest absolute Gasteiger partial charge is 1.00 e. The monoisotopic (exact) mass is 1210 g/mol. The fourth-order valence-corrected chi connectivity index (χ4v) is 9.89. The zero-order valence-corrected chi connectivity index (χ0v) is 52.9. The Morgan fingerprint density at radius 2 is 0.423 bits per heavy atom. The maximum Gasteiger partial charge on any atom is -1.00 e. The van der Waals surface area contributed by atoms with Crippen LogP contribution >= 0.6 is 0 Å². The molecule has 4 atom stereocenters. The summed E-state index contributed by atoms with van der Waals surface area (Å²) in [5.74, 6) is 1.82. The van der Waals surface area contributed by atoms with E-state index in [0.29, 0.717) is 23.7 Å². The van der Waals surface area contributed by atoms with Crippen LogP contribution in [0.1, 0.15) is 124 Å². The molecule has 0 nitrogen and oxygen atoms in total. The average Bonchev–Trinajstić information content (AvgIpc) is 4.30. The predicted octanol–water partition coefficient (Wildman–Crippen LogP) is 14.3. The summed E-state index contributed by atoms with van der Waals surface area (Å²) < 4.78 is 3.01. The van der Waals surface area contributed by atoms with E-state index in [-0.39, 0.29) is 24.8 Å². The molecule has 392 valence electrons. The molecule has 12 rings (SSSR count). The van der Waals surface area contributed by atoms with Crippen molar-refractivity contribution in [3.05, 3.63) is 311 Å². The first kappa shape index (κ1) is 63.1. The zero-order valence-electron chi connectivity index (χ0n) is 46.5. The van der Waals surface area contributed by atoms with E-state index in [9.17, 15) is 0 Å². The van der Waals surface area contributed by atoms with Crippen molar-refractivity contribution in [1.82, 2.24) is 0 Å². The van der Waals surface area contributed by atoms with Gasteiger partial charge in [0.1, 0.15) is 0 Å². The Hall–Kier alpha value is -5.71. The van der Waals surface area contributed by atoms with Crippen LogP contribution in [-0.2, 0) is 48.5 Å². The number of benzene rings is 8. The smallest absolute Gasteiger partial charge is 1.00 e. The van der Waals surface area contributed by atoms with Crippen molar-refractivity contribution in [3.8, 4) is 0 Å². The Bertz CT molecular complexity index is 3150. The molecule has 0 heterocycles. The molecule has 0 aromatic heterocycles. The van der Waals surface area contributed by atoms with Gasteiger partial charge in [0, 0.05) is 0 Å². The van der Waals surface area contributed by atoms with Crippen LogP contribution in [-0.4, -0.2) is 6.41 Å². The van der Waals surface area contributed by atoms with Crippen LogP contribution in [0.5, 0.6) is 0 Å². The summed E-state index contributed by atoms with van der Waals surface area (Å²) in [7, 11) is 0. The average molecular weight is 1210 g/mol. The number of hydrogen-bond acceptors (Lipinski definition) is 0. The van der Waals surface area contributed by atoms with Crippen LogP contribution in [0.25, 0.3) is 43.1 Å². The van der Waals surface area contributed by atoms with Crippen LogP contribution in [0.4, 0.5) is 0 Å². The second-order valence-electron chi connectivity index (χ2n) is 20.0. The third-order valence-electron chi connectivity index (χ3n) is 13.9. The van der Waals surface area contributed by atoms with E-state index in [2.05, 4.69) is 322 Å². The third-order valence-corrected chi connectivity index (χ3v) is 13.9. The van der Waals surface area contributed by atoms with Crippen molar-refractivity contribution in [3.63, 3.8) is 0 Å². The van der Waals surface area contributed by atoms with E-state index in [0.717, 1.165) is 0 Å². The van der Waals surface area contributed by atoms with Crippen molar-refractivity contribution in [1.29, 1.82) is 0 Å². The van der Waals surface area contributed by atoms with E-state index in [1.807, 2.05) is 0 Å². The molecule has 4 unspecified atom stereocenters.